The SMILES string of the molecule is CC(C)(C(=O)N1CCC(Oc2ccc(F)cc2F)CC1)c1ccc(Br)cc1. The lowest BCUT2D eigenvalue weighted by Gasteiger charge is -2.37. The van der Waals surface area contributed by atoms with Gasteiger partial charge in [0.05, 0.1) is 5.41 Å². The third-order valence-corrected chi connectivity index (χ3v) is 5.55. The van der Waals surface area contributed by atoms with E-state index in [1.807, 2.05) is 43.0 Å². The van der Waals surface area contributed by atoms with Crippen molar-refractivity contribution in [2.75, 3.05) is 13.1 Å². The second-order valence-electron chi connectivity index (χ2n) is 7.32. The molecule has 1 amide bonds. The summed E-state index contributed by atoms with van der Waals surface area (Å²) in [5.41, 5.74) is 0.333. The molecule has 3 nitrogen and oxygen atoms in total. The molecule has 0 aliphatic carbocycles. The van der Waals surface area contributed by atoms with Gasteiger partial charge in [-0.25, -0.2) is 8.78 Å². The van der Waals surface area contributed by atoms with Crippen LogP contribution in [0, 0.1) is 11.6 Å². The Balaban J connectivity index is 1.61. The zero-order valence-corrected chi connectivity index (χ0v) is 16.9. The third kappa shape index (κ3) is 4.49. The molecule has 1 aliphatic rings. The Hall–Kier alpha value is -1.95. The van der Waals surface area contributed by atoms with Crippen LogP contribution in [0.4, 0.5) is 8.78 Å². The maximum atomic E-state index is 13.7. The molecule has 0 spiro atoms. The highest BCUT2D eigenvalue weighted by atomic mass is 79.9. The van der Waals surface area contributed by atoms with Gasteiger partial charge in [-0.15, -0.1) is 0 Å². The molecule has 144 valence electrons. The lowest BCUT2D eigenvalue weighted by atomic mass is 9.82. The van der Waals surface area contributed by atoms with Crippen molar-refractivity contribution in [1.82, 2.24) is 4.90 Å². The normalized spacial score (nSPS) is 15.7. The van der Waals surface area contributed by atoms with E-state index in [1.54, 1.807) is 0 Å². The van der Waals surface area contributed by atoms with Crippen molar-refractivity contribution in [2.24, 2.45) is 0 Å². The molecule has 0 N–H and O–H groups in total. The number of likely N-dealkylation sites (tertiary alicyclic amines) is 1. The lowest BCUT2D eigenvalue weighted by molar-refractivity contribution is -0.138. The molecule has 0 atom stereocenters. The quantitative estimate of drug-likeness (QED) is 0.667. The van der Waals surface area contributed by atoms with Crippen molar-refractivity contribution in [2.45, 2.75) is 38.2 Å². The van der Waals surface area contributed by atoms with Crippen molar-refractivity contribution < 1.29 is 18.3 Å². The molecule has 0 unspecified atom stereocenters. The summed E-state index contributed by atoms with van der Waals surface area (Å²) in [4.78, 5) is 14.9. The van der Waals surface area contributed by atoms with Crippen LogP contribution in [-0.2, 0) is 10.2 Å². The van der Waals surface area contributed by atoms with E-state index in [0.717, 1.165) is 16.1 Å². The molecule has 1 fully saturated rings. The van der Waals surface area contributed by atoms with Gasteiger partial charge in [-0.05, 0) is 43.7 Å². The zero-order valence-electron chi connectivity index (χ0n) is 15.3. The first kappa shape index (κ1) is 19.8. The van der Waals surface area contributed by atoms with Crippen LogP contribution in [-0.4, -0.2) is 30.0 Å². The van der Waals surface area contributed by atoms with Crippen molar-refractivity contribution in [3.63, 3.8) is 0 Å². The summed E-state index contributed by atoms with van der Waals surface area (Å²) in [6.45, 7) is 4.95. The molecule has 2 aromatic rings. The molecule has 27 heavy (non-hydrogen) atoms. The average molecular weight is 438 g/mol. The number of carbonyl (C=O) groups is 1. The molecular formula is C21H22BrF2NO2. The van der Waals surface area contributed by atoms with Gasteiger partial charge in [-0.3, -0.25) is 4.79 Å². The summed E-state index contributed by atoms with van der Waals surface area (Å²) < 4.78 is 33.4. The van der Waals surface area contributed by atoms with Gasteiger partial charge in [0.2, 0.25) is 5.91 Å². The molecule has 1 saturated heterocycles. The number of nitrogens with zero attached hydrogens (tertiary/aromatic N) is 1. The van der Waals surface area contributed by atoms with Crippen LogP contribution in [0.25, 0.3) is 0 Å². The first-order chi connectivity index (χ1) is 12.8. The summed E-state index contributed by atoms with van der Waals surface area (Å²) in [6, 6.07) is 11.1. The topological polar surface area (TPSA) is 29.5 Å². The van der Waals surface area contributed by atoms with Crippen LogP contribution in [0.2, 0.25) is 0 Å². The zero-order chi connectivity index (χ0) is 19.6. The average Bonchev–Trinajstić information content (AvgIpc) is 2.64. The predicted molar refractivity (Wildman–Crippen MR) is 104 cm³/mol. The van der Waals surface area contributed by atoms with Crippen molar-refractivity contribution in [3.8, 4) is 5.75 Å². The molecule has 0 radical (unpaired) electrons. The van der Waals surface area contributed by atoms with E-state index >= 15 is 0 Å². The van der Waals surface area contributed by atoms with Gasteiger partial charge in [0, 0.05) is 36.5 Å². The first-order valence-corrected chi connectivity index (χ1v) is 9.74. The molecular weight excluding hydrogens is 416 g/mol. The highest BCUT2D eigenvalue weighted by Gasteiger charge is 2.35. The maximum absolute atomic E-state index is 13.7. The molecule has 1 aliphatic heterocycles. The Morgan fingerprint density at radius 2 is 1.74 bits per heavy atom. The molecule has 1 heterocycles. The van der Waals surface area contributed by atoms with E-state index < -0.39 is 17.0 Å². The fourth-order valence-corrected chi connectivity index (χ4v) is 3.58. The van der Waals surface area contributed by atoms with E-state index in [0.29, 0.717) is 25.9 Å². The van der Waals surface area contributed by atoms with Crippen molar-refractivity contribution >= 4 is 21.8 Å². The second kappa shape index (κ2) is 7.97. The summed E-state index contributed by atoms with van der Waals surface area (Å²) in [5, 5.41) is 0. The van der Waals surface area contributed by atoms with Crippen molar-refractivity contribution in [1.29, 1.82) is 0 Å². The fourth-order valence-electron chi connectivity index (χ4n) is 3.31. The Labute approximate surface area is 166 Å². The summed E-state index contributed by atoms with van der Waals surface area (Å²) in [7, 11) is 0. The van der Waals surface area contributed by atoms with Gasteiger partial charge in [0.15, 0.2) is 11.6 Å². The van der Waals surface area contributed by atoms with Gasteiger partial charge in [0.1, 0.15) is 11.9 Å². The summed E-state index contributed by atoms with van der Waals surface area (Å²) >= 11 is 3.41. The minimum absolute atomic E-state index is 0.0522. The van der Waals surface area contributed by atoms with Gasteiger partial charge >= 0.3 is 0 Å². The van der Waals surface area contributed by atoms with Crippen LogP contribution < -0.4 is 4.74 Å². The highest BCUT2D eigenvalue weighted by molar-refractivity contribution is 9.10. The minimum Gasteiger partial charge on any atom is -0.487 e. The van der Waals surface area contributed by atoms with Gasteiger partial charge in [-0.1, -0.05) is 28.1 Å². The van der Waals surface area contributed by atoms with Gasteiger partial charge in [-0.2, -0.15) is 0 Å². The van der Waals surface area contributed by atoms with E-state index in [-0.39, 0.29) is 17.8 Å². The van der Waals surface area contributed by atoms with Crippen LogP contribution >= 0.6 is 15.9 Å². The standard InChI is InChI=1S/C21H22BrF2NO2/c1-21(2,14-3-5-15(22)6-4-14)20(26)25-11-9-17(10-12-25)27-19-8-7-16(23)13-18(19)24/h3-8,13,17H,9-12H2,1-2H3. The fraction of sp³-hybridized carbons (Fsp3) is 0.381. The van der Waals surface area contributed by atoms with Gasteiger partial charge < -0.3 is 9.64 Å². The Morgan fingerprint density at radius 1 is 1.11 bits per heavy atom. The van der Waals surface area contributed by atoms with Gasteiger partial charge in [0.25, 0.3) is 0 Å². The molecule has 0 aromatic heterocycles. The molecule has 3 rings (SSSR count). The number of hydrogen-bond acceptors (Lipinski definition) is 2. The highest BCUT2D eigenvalue weighted by Crippen LogP contribution is 2.29. The smallest absolute Gasteiger partial charge is 0.232 e. The number of amides is 1. The Bertz CT molecular complexity index is 815. The maximum Gasteiger partial charge on any atom is 0.232 e. The van der Waals surface area contributed by atoms with E-state index in [4.69, 9.17) is 4.74 Å². The van der Waals surface area contributed by atoms with Crippen molar-refractivity contribution in [3.05, 3.63) is 64.1 Å². The summed E-state index contributed by atoms with van der Waals surface area (Å²) in [6.07, 6.45) is 1.03. The Morgan fingerprint density at radius 3 is 2.33 bits per heavy atom. The van der Waals surface area contributed by atoms with Crippen LogP contribution in [0.1, 0.15) is 32.3 Å². The predicted octanol–water partition coefficient (Wildman–Crippen LogP) is 5.07. The van der Waals surface area contributed by atoms with E-state index in [9.17, 15) is 13.6 Å². The van der Waals surface area contributed by atoms with E-state index in [1.165, 1.54) is 12.1 Å². The number of ether oxygens (including phenoxy) is 1. The third-order valence-electron chi connectivity index (χ3n) is 5.02. The molecule has 2 aromatic carbocycles. The minimum atomic E-state index is -0.704. The monoisotopic (exact) mass is 437 g/mol. The van der Waals surface area contributed by atoms with Crippen LogP contribution in [0.5, 0.6) is 5.75 Å². The summed E-state index contributed by atoms with van der Waals surface area (Å²) in [5.74, 6) is -1.21. The molecule has 0 saturated carbocycles. The number of rotatable bonds is 4. The number of benzene rings is 2. The number of halogens is 3. The molecule has 0 bridgehead atoms. The van der Waals surface area contributed by atoms with Crippen LogP contribution in [0.15, 0.2) is 46.9 Å². The second-order valence-corrected chi connectivity index (χ2v) is 8.23. The number of hydrogen-bond donors (Lipinski definition) is 0. The number of carbonyl (C=O) groups excluding carboxylic acids is 1. The van der Waals surface area contributed by atoms with Crippen LogP contribution in [0.3, 0.4) is 0 Å². The lowest BCUT2D eigenvalue weighted by Crippen LogP contribution is -2.48. The Kier molecular flexibility index (Phi) is 5.84. The largest absolute Gasteiger partial charge is 0.487 e. The van der Waals surface area contributed by atoms with E-state index in [2.05, 4.69) is 15.9 Å². The number of piperidine rings is 1. The molecule has 6 heteroatoms. The first-order valence-electron chi connectivity index (χ1n) is 8.94.